The van der Waals surface area contributed by atoms with Crippen LogP contribution in [0, 0.1) is 12.8 Å². The number of benzene rings is 2. The van der Waals surface area contributed by atoms with Crippen LogP contribution in [0.1, 0.15) is 48.4 Å². The normalized spacial score (nSPS) is 15.8. The quantitative estimate of drug-likeness (QED) is 0.802. The molecule has 1 fully saturated rings. The number of hydrogen-bond acceptors (Lipinski definition) is 2. The summed E-state index contributed by atoms with van der Waals surface area (Å²) in [7, 11) is 0. The molecule has 0 unspecified atom stereocenters. The molecule has 1 aliphatic rings. The molecular formula is C23H29N3O2. The number of likely N-dealkylation sites (tertiary alicyclic amines) is 1. The average molecular weight is 380 g/mol. The highest BCUT2D eigenvalue weighted by Gasteiger charge is 2.26. The van der Waals surface area contributed by atoms with Gasteiger partial charge in [0.25, 0.3) is 0 Å². The van der Waals surface area contributed by atoms with Gasteiger partial charge in [0.15, 0.2) is 0 Å². The molecule has 28 heavy (non-hydrogen) atoms. The first-order chi connectivity index (χ1) is 13.5. The lowest BCUT2D eigenvalue weighted by molar-refractivity contribution is -0.118. The van der Waals surface area contributed by atoms with Crippen molar-refractivity contribution < 1.29 is 9.59 Å². The fourth-order valence-corrected chi connectivity index (χ4v) is 3.88. The molecular weight excluding hydrogens is 350 g/mol. The number of rotatable bonds is 6. The van der Waals surface area contributed by atoms with E-state index in [4.69, 9.17) is 5.73 Å². The Kier molecular flexibility index (Phi) is 6.69. The van der Waals surface area contributed by atoms with Gasteiger partial charge in [0.1, 0.15) is 0 Å². The molecule has 0 radical (unpaired) electrons. The molecule has 3 amide bonds. The molecule has 1 heterocycles. The second kappa shape index (κ2) is 9.40. The molecule has 1 aliphatic heterocycles. The number of piperidine rings is 1. The highest BCUT2D eigenvalue weighted by atomic mass is 16.2. The second-order valence-electron chi connectivity index (χ2n) is 7.59. The Hall–Kier alpha value is -2.82. The zero-order chi connectivity index (χ0) is 19.9. The lowest BCUT2D eigenvalue weighted by Gasteiger charge is -2.33. The largest absolute Gasteiger partial charge is 0.370 e. The SMILES string of the molecule is Cc1ccccc1[C@H](NC(=O)N1CCC(CCC(N)=O)CC1)c1ccccc1. The molecule has 1 atom stereocenters. The first-order valence-electron chi connectivity index (χ1n) is 9.99. The van der Waals surface area contributed by atoms with E-state index in [1.807, 2.05) is 47.4 Å². The minimum absolute atomic E-state index is 0.0366. The van der Waals surface area contributed by atoms with Crippen molar-refractivity contribution in [3.8, 4) is 0 Å². The van der Waals surface area contributed by atoms with Crippen LogP contribution in [0.3, 0.4) is 0 Å². The summed E-state index contributed by atoms with van der Waals surface area (Å²) in [5.74, 6) is 0.224. The van der Waals surface area contributed by atoms with E-state index in [9.17, 15) is 9.59 Å². The fourth-order valence-electron chi connectivity index (χ4n) is 3.88. The fraction of sp³-hybridized carbons (Fsp3) is 0.391. The van der Waals surface area contributed by atoms with Crippen molar-refractivity contribution in [3.63, 3.8) is 0 Å². The number of urea groups is 1. The predicted octanol–water partition coefficient (Wildman–Crippen LogP) is 3.77. The number of primary amides is 1. The van der Waals surface area contributed by atoms with Gasteiger partial charge < -0.3 is 16.0 Å². The molecule has 148 valence electrons. The first kappa shape index (κ1) is 19.9. The van der Waals surface area contributed by atoms with Gasteiger partial charge in [0, 0.05) is 19.5 Å². The van der Waals surface area contributed by atoms with Crippen molar-refractivity contribution in [1.82, 2.24) is 10.2 Å². The maximum absolute atomic E-state index is 13.0. The zero-order valence-electron chi connectivity index (χ0n) is 16.4. The Balaban J connectivity index is 1.67. The third-order valence-corrected chi connectivity index (χ3v) is 5.60. The maximum atomic E-state index is 13.0. The highest BCUT2D eigenvalue weighted by molar-refractivity contribution is 5.75. The Bertz CT molecular complexity index is 799. The maximum Gasteiger partial charge on any atom is 0.318 e. The smallest absolute Gasteiger partial charge is 0.318 e. The molecule has 3 N–H and O–H groups in total. The van der Waals surface area contributed by atoms with Crippen LogP contribution in [0.5, 0.6) is 0 Å². The Morgan fingerprint density at radius 3 is 2.36 bits per heavy atom. The third-order valence-electron chi connectivity index (χ3n) is 5.60. The summed E-state index contributed by atoms with van der Waals surface area (Å²) in [4.78, 5) is 25.8. The van der Waals surface area contributed by atoms with Crippen LogP contribution in [0.4, 0.5) is 4.79 Å². The Labute approximate surface area is 166 Å². The number of carbonyl (C=O) groups excluding carboxylic acids is 2. The van der Waals surface area contributed by atoms with E-state index >= 15 is 0 Å². The molecule has 0 aliphatic carbocycles. The van der Waals surface area contributed by atoms with Gasteiger partial charge in [-0.3, -0.25) is 4.79 Å². The lowest BCUT2D eigenvalue weighted by atomic mass is 9.92. The van der Waals surface area contributed by atoms with Crippen LogP contribution >= 0.6 is 0 Å². The molecule has 5 heteroatoms. The highest BCUT2D eigenvalue weighted by Crippen LogP contribution is 2.26. The molecule has 3 rings (SSSR count). The molecule has 2 aromatic carbocycles. The number of hydrogen-bond donors (Lipinski definition) is 2. The second-order valence-corrected chi connectivity index (χ2v) is 7.59. The molecule has 0 saturated carbocycles. The summed E-state index contributed by atoms with van der Waals surface area (Å²) >= 11 is 0. The van der Waals surface area contributed by atoms with Crippen molar-refractivity contribution in [2.75, 3.05) is 13.1 Å². The average Bonchev–Trinajstić information content (AvgIpc) is 2.72. The summed E-state index contributed by atoms with van der Waals surface area (Å²) < 4.78 is 0. The lowest BCUT2D eigenvalue weighted by Crippen LogP contribution is -2.46. The van der Waals surface area contributed by atoms with Crippen molar-refractivity contribution >= 4 is 11.9 Å². The standard InChI is InChI=1S/C23H29N3O2/c1-17-7-5-6-10-20(17)22(19-8-3-2-4-9-19)25-23(28)26-15-13-18(14-16-26)11-12-21(24)27/h2-10,18,22H,11-16H2,1H3,(H2,24,27)(H,25,28)/t22-/m1/s1. The summed E-state index contributed by atoms with van der Waals surface area (Å²) in [6.07, 6.45) is 3.09. The van der Waals surface area contributed by atoms with Gasteiger partial charge in [-0.1, -0.05) is 54.6 Å². The molecule has 2 aromatic rings. The molecule has 0 spiro atoms. The van der Waals surface area contributed by atoms with Gasteiger partial charge in [0.05, 0.1) is 6.04 Å². The molecule has 0 aromatic heterocycles. The zero-order valence-corrected chi connectivity index (χ0v) is 16.4. The Morgan fingerprint density at radius 1 is 1.07 bits per heavy atom. The summed E-state index contributed by atoms with van der Waals surface area (Å²) in [6, 6.07) is 18.0. The molecule has 0 bridgehead atoms. The van der Waals surface area contributed by atoms with E-state index in [0.717, 1.165) is 36.0 Å². The summed E-state index contributed by atoms with van der Waals surface area (Å²) in [5, 5.41) is 3.24. The minimum Gasteiger partial charge on any atom is -0.370 e. The monoisotopic (exact) mass is 379 g/mol. The van der Waals surface area contributed by atoms with Crippen molar-refractivity contribution in [2.24, 2.45) is 11.7 Å². The van der Waals surface area contributed by atoms with E-state index < -0.39 is 0 Å². The van der Waals surface area contributed by atoms with Gasteiger partial charge in [-0.15, -0.1) is 0 Å². The van der Waals surface area contributed by atoms with Gasteiger partial charge in [-0.25, -0.2) is 4.79 Å². The number of nitrogens with two attached hydrogens (primary N) is 1. The van der Waals surface area contributed by atoms with Gasteiger partial charge in [-0.2, -0.15) is 0 Å². The van der Waals surface area contributed by atoms with Crippen LogP contribution in [0.25, 0.3) is 0 Å². The summed E-state index contributed by atoms with van der Waals surface area (Å²) in [5.41, 5.74) is 8.58. The number of nitrogens with one attached hydrogen (secondary N) is 1. The van der Waals surface area contributed by atoms with Gasteiger partial charge in [-0.05, 0) is 48.8 Å². The van der Waals surface area contributed by atoms with Crippen molar-refractivity contribution in [2.45, 2.75) is 38.6 Å². The van der Waals surface area contributed by atoms with Crippen LogP contribution in [-0.2, 0) is 4.79 Å². The third kappa shape index (κ3) is 5.12. The number of nitrogens with zero attached hydrogens (tertiary/aromatic N) is 1. The van der Waals surface area contributed by atoms with Crippen LogP contribution in [0.2, 0.25) is 0 Å². The van der Waals surface area contributed by atoms with E-state index in [1.54, 1.807) is 0 Å². The van der Waals surface area contributed by atoms with Gasteiger partial charge >= 0.3 is 6.03 Å². The van der Waals surface area contributed by atoms with E-state index in [0.29, 0.717) is 25.4 Å². The number of carbonyl (C=O) groups is 2. The van der Waals surface area contributed by atoms with Crippen LogP contribution in [0.15, 0.2) is 54.6 Å². The van der Waals surface area contributed by atoms with Crippen LogP contribution < -0.4 is 11.1 Å². The van der Waals surface area contributed by atoms with E-state index in [2.05, 4.69) is 24.4 Å². The topological polar surface area (TPSA) is 75.4 Å². The molecule has 5 nitrogen and oxygen atoms in total. The van der Waals surface area contributed by atoms with Gasteiger partial charge in [0.2, 0.25) is 5.91 Å². The number of aryl methyl sites for hydroxylation is 1. The number of amides is 3. The summed E-state index contributed by atoms with van der Waals surface area (Å²) in [6.45, 7) is 3.50. The predicted molar refractivity (Wildman–Crippen MR) is 111 cm³/mol. The van der Waals surface area contributed by atoms with Crippen LogP contribution in [-0.4, -0.2) is 29.9 Å². The van der Waals surface area contributed by atoms with E-state index in [-0.39, 0.29) is 18.0 Å². The molecule has 1 saturated heterocycles. The van der Waals surface area contributed by atoms with Crippen molar-refractivity contribution in [3.05, 3.63) is 71.3 Å². The van der Waals surface area contributed by atoms with Crippen molar-refractivity contribution in [1.29, 1.82) is 0 Å². The first-order valence-corrected chi connectivity index (χ1v) is 9.99. The Morgan fingerprint density at radius 2 is 1.71 bits per heavy atom. The van der Waals surface area contributed by atoms with E-state index in [1.165, 1.54) is 0 Å². The minimum atomic E-state index is -0.246.